The zero-order valence-electron chi connectivity index (χ0n) is 18.2. The van der Waals surface area contributed by atoms with Crippen molar-refractivity contribution in [3.05, 3.63) is 0 Å². The summed E-state index contributed by atoms with van der Waals surface area (Å²) in [7, 11) is 0. The van der Waals surface area contributed by atoms with Gasteiger partial charge in [0.1, 0.15) is 30.3 Å². The Labute approximate surface area is 201 Å². The molecule has 32 heavy (non-hydrogen) atoms. The summed E-state index contributed by atoms with van der Waals surface area (Å²) in [6, 6.07) is -3.18. The lowest BCUT2D eigenvalue weighted by molar-refractivity contribution is -0.152. The van der Waals surface area contributed by atoms with Crippen molar-refractivity contribution in [1.29, 1.82) is 0 Å². The Morgan fingerprint density at radius 2 is 1.81 bits per heavy atom. The van der Waals surface area contributed by atoms with Crippen molar-refractivity contribution in [3.63, 3.8) is 0 Å². The van der Waals surface area contributed by atoms with Gasteiger partial charge in [0.2, 0.25) is 9.70 Å². The van der Waals surface area contributed by atoms with E-state index in [9.17, 15) is 24.3 Å². The molecular weight excluding hydrogens is 491 g/mol. The van der Waals surface area contributed by atoms with Crippen molar-refractivity contribution in [2.75, 3.05) is 19.8 Å². The van der Waals surface area contributed by atoms with Crippen LogP contribution in [0.15, 0.2) is 0 Å². The number of carbonyl (C=O) groups is 4. The van der Waals surface area contributed by atoms with Gasteiger partial charge in [0.15, 0.2) is 0 Å². The predicted octanol–water partition coefficient (Wildman–Crippen LogP) is 0.786. The highest BCUT2D eigenvalue weighted by Gasteiger charge is 2.34. The van der Waals surface area contributed by atoms with Crippen molar-refractivity contribution >= 4 is 58.7 Å². The maximum Gasteiger partial charge on any atom is 0.408 e. The normalized spacial score (nSPS) is 18.9. The average Bonchev–Trinajstić information content (AvgIpc) is 2.67. The highest BCUT2D eigenvalue weighted by atomic mass is 35.6. The maximum atomic E-state index is 12.7. The summed E-state index contributed by atoms with van der Waals surface area (Å²) in [4.78, 5) is 49.1. The topological polar surface area (TPSA) is 146 Å². The van der Waals surface area contributed by atoms with E-state index in [1.54, 1.807) is 20.8 Å². The van der Waals surface area contributed by atoms with E-state index in [0.29, 0.717) is 12.8 Å². The van der Waals surface area contributed by atoms with E-state index in [1.807, 2.05) is 0 Å². The number of carbonyl (C=O) groups excluding carboxylic acids is 4. The molecule has 0 unspecified atom stereocenters. The molecule has 1 saturated heterocycles. The SMILES string of the molecule is C[C@H](NC(=O)[C@H](CO)NC(=O)OC(C)(C)C)C(=O)N1CCC[C@@H](C(=O)OCC(Cl)(Cl)Cl)N1. The third-order valence-corrected chi connectivity index (χ3v) is 4.36. The van der Waals surface area contributed by atoms with E-state index in [2.05, 4.69) is 16.1 Å². The lowest BCUT2D eigenvalue weighted by Crippen LogP contribution is -2.61. The molecule has 0 saturated carbocycles. The molecule has 4 N–H and O–H groups in total. The van der Waals surface area contributed by atoms with Gasteiger partial charge in [-0.1, -0.05) is 34.8 Å². The zero-order chi connectivity index (χ0) is 24.7. The minimum Gasteiger partial charge on any atom is -0.460 e. The smallest absolute Gasteiger partial charge is 0.408 e. The molecule has 0 spiro atoms. The molecule has 1 fully saturated rings. The Hall–Kier alpha value is -1.53. The first-order chi connectivity index (χ1) is 14.6. The zero-order valence-corrected chi connectivity index (χ0v) is 20.5. The van der Waals surface area contributed by atoms with Crippen LogP contribution in [0.1, 0.15) is 40.5 Å². The maximum absolute atomic E-state index is 12.7. The molecule has 0 bridgehead atoms. The van der Waals surface area contributed by atoms with Crippen LogP contribution < -0.4 is 16.1 Å². The van der Waals surface area contributed by atoms with Crippen molar-refractivity contribution in [3.8, 4) is 0 Å². The second-order valence-corrected chi connectivity index (χ2v) is 10.7. The first-order valence-corrected chi connectivity index (χ1v) is 11.0. The highest BCUT2D eigenvalue weighted by molar-refractivity contribution is 6.67. The van der Waals surface area contributed by atoms with Gasteiger partial charge in [-0.2, -0.15) is 0 Å². The lowest BCUT2D eigenvalue weighted by Gasteiger charge is -2.34. The number of alkyl carbamates (subject to hydrolysis) is 1. The van der Waals surface area contributed by atoms with E-state index in [4.69, 9.17) is 44.3 Å². The van der Waals surface area contributed by atoms with Crippen LogP contribution in [-0.2, 0) is 23.9 Å². The van der Waals surface area contributed by atoms with Crippen LogP contribution in [0.3, 0.4) is 0 Å². The van der Waals surface area contributed by atoms with Crippen molar-refractivity contribution in [2.45, 2.75) is 68.1 Å². The summed E-state index contributed by atoms with van der Waals surface area (Å²) in [6.45, 7) is 5.50. The number of aliphatic hydroxyl groups excluding tert-OH is 1. The van der Waals surface area contributed by atoms with Crippen molar-refractivity contribution in [1.82, 2.24) is 21.1 Å². The molecule has 3 atom stereocenters. The summed E-state index contributed by atoms with van der Waals surface area (Å²) >= 11 is 16.7. The number of nitrogens with one attached hydrogen (secondary N) is 3. The summed E-state index contributed by atoms with van der Waals surface area (Å²) in [5.74, 6) is -2.01. The molecule has 1 aliphatic heterocycles. The van der Waals surface area contributed by atoms with Crippen LogP contribution in [0, 0.1) is 0 Å². The number of hydrogen-bond acceptors (Lipinski definition) is 8. The molecule has 1 heterocycles. The Balaban J connectivity index is 2.63. The average molecular weight is 520 g/mol. The number of alkyl halides is 3. The van der Waals surface area contributed by atoms with Gasteiger partial charge in [-0.15, -0.1) is 0 Å². The van der Waals surface area contributed by atoms with Gasteiger partial charge in [0.05, 0.1) is 6.61 Å². The number of esters is 1. The molecule has 11 nitrogen and oxygen atoms in total. The Kier molecular flexibility index (Phi) is 10.8. The standard InChI is InChI=1S/C18H29Cl3N4O7/c1-10(22-13(27)12(8-26)23-16(30)32-17(2,3)4)14(28)25-7-5-6-11(24-25)15(29)31-9-18(19,20)21/h10-12,24,26H,5-9H2,1-4H3,(H,22,27)(H,23,30)/t10-,11-,12-/m0/s1. The van der Waals surface area contributed by atoms with Gasteiger partial charge in [-0.25, -0.2) is 10.2 Å². The monoisotopic (exact) mass is 518 g/mol. The molecule has 0 aliphatic carbocycles. The largest absolute Gasteiger partial charge is 0.460 e. The van der Waals surface area contributed by atoms with E-state index in [0.717, 1.165) is 0 Å². The van der Waals surface area contributed by atoms with Gasteiger partial charge in [0.25, 0.3) is 5.91 Å². The van der Waals surface area contributed by atoms with Crippen molar-refractivity contribution < 1.29 is 33.8 Å². The highest BCUT2D eigenvalue weighted by Crippen LogP contribution is 2.26. The second kappa shape index (κ2) is 12.1. The van der Waals surface area contributed by atoms with E-state index in [1.165, 1.54) is 11.9 Å². The van der Waals surface area contributed by atoms with Gasteiger partial charge in [-0.3, -0.25) is 19.4 Å². The van der Waals surface area contributed by atoms with E-state index >= 15 is 0 Å². The fourth-order valence-electron chi connectivity index (χ4n) is 2.62. The van der Waals surface area contributed by atoms with Crippen LogP contribution in [0.5, 0.6) is 0 Å². The third-order valence-electron chi connectivity index (χ3n) is 4.03. The number of halogens is 3. The molecule has 1 rings (SSSR count). The number of rotatable bonds is 7. The summed E-state index contributed by atoms with van der Waals surface area (Å²) in [5, 5.41) is 15.3. The fraction of sp³-hybridized carbons (Fsp3) is 0.778. The van der Waals surface area contributed by atoms with Gasteiger partial charge >= 0.3 is 12.1 Å². The fourth-order valence-corrected chi connectivity index (χ4v) is 2.79. The third kappa shape index (κ3) is 10.4. The van der Waals surface area contributed by atoms with Gasteiger partial charge in [-0.05, 0) is 40.5 Å². The molecule has 14 heteroatoms. The molecule has 0 aromatic heterocycles. The van der Waals surface area contributed by atoms with Crippen LogP contribution in [0.4, 0.5) is 4.79 Å². The minimum absolute atomic E-state index is 0.285. The number of nitrogens with zero attached hydrogens (tertiary/aromatic N) is 1. The summed E-state index contributed by atoms with van der Waals surface area (Å²) in [5.41, 5.74) is 1.94. The van der Waals surface area contributed by atoms with Gasteiger partial charge < -0.3 is 25.2 Å². The first-order valence-electron chi connectivity index (χ1n) is 9.84. The van der Waals surface area contributed by atoms with E-state index < -0.39 is 64.6 Å². The predicted molar refractivity (Wildman–Crippen MR) is 117 cm³/mol. The molecule has 0 radical (unpaired) electrons. The van der Waals surface area contributed by atoms with Gasteiger partial charge in [0, 0.05) is 6.54 Å². The quantitative estimate of drug-likeness (QED) is 0.285. The Morgan fingerprint density at radius 3 is 2.34 bits per heavy atom. The molecule has 3 amide bonds. The number of hydrazine groups is 1. The number of amides is 3. The van der Waals surface area contributed by atoms with Crippen LogP contribution in [0.25, 0.3) is 0 Å². The summed E-state index contributed by atoms with van der Waals surface area (Å²) < 4.78 is 8.22. The second-order valence-electron chi connectivity index (χ2n) is 8.15. The van der Waals surface area contributed by atoms with Crippen LogP contribution in [-0.4, -0.2) is 81.3 Å². The van der Waals surface area contributed by atoms with Crippen molar-refractivity contribution in [2.24, 2.45) is 0 Å². The lowest BCUT2D eigenvalue weighted by atomic mass is 10.1. The first kappa shape index (κ1) is 28.5. The van der Waals surface area contributed by atoms with Crippen LogP contribution >= 0.6 is 34.8 Å². The molecule has 0 aromatic carbocycles. The molecule has 184 valence electrons. The Bertz CT molecular complexity index is 697. The minimum atomic E-state index is -1.75. The Morgan fingerprint density at radius 1 is 1.19 bits per heavy atom. The van der Waals surface area contributed by atoms with E-state index in [-0.39, 0.29) is 6.54 Å². The molecule has 1 aliphatic rings. The summed E-state index contributed by atoms with van der Waals surface area (Å²) in [6.07, 6.45) is 0.00161. The van der Waals surface area contributed by atoms with Crippen LogP contribution in [0.2, 0.25) is 0 Å². The number of aliphatic hydroxyl groups is 1. The number of hydrogen-bond donors (Lipinski definition) is 4. The molecule has 0 aromatic rings. The number of ether oxygens (including phenoxy) is 2. The molecular formula is C18H29Cl3N4O7.